The lowest BCUT2D eigenvalue weighted by Gasteiger charge is -2.12. The SMILES string of the molecule is COc1cccc(C(=O)Oc2cccc(OC(=O)c3cccc(OC)c3)c2C)c1. The summed E-state index contributed by atoms with van der Waals surface area (Å²) in [6.07, 6.45) is 0. The number of hydrogen-bond donors (Lipinski definition) is 0. The highest BCUT2D eigenvalue weighted by molar-refractivity contribution is 5.93. The third kappa shape index (κ3) is 4.73. The average molecular weight is 392 g/mol. The van der Waals surface area contributed by atoms with Gasteiger partial charge in [0, 0.05) is 5.56 Å². The number of ether oxygens (including phenoxy) is 4. The molecule has 0 fully saturated rings. The smallest absolute Gasteiger partial charge is 0.343 e. The van der Waals surface area contributed by atoms with Crippen molar-refractivity contribution in [2.24, 2.45) is 0 Å². The van der Waals surface area contributed by atoms with Gasteiger partial charge in [0.25, 0.3) is 0 Å². The van der Waals surface area contributed by atoms with Gasteiger partial charge in [0.1, 0.15) is 23.0 Å². The Balaban J connectivity index is 1.78. The molecule has 0 bridgehead atoms. The fourth-order valence-electron chi connectivity index (χ4n) is 2.63. The molecule has 0 aliphatic rings. The highest BCUT2D eigenvalue weighted by atomic mass is 16.5. The maximum Gasteiger partial charge on any atom is 0.343 e. The van der Waals surface area contributed by atoms with Crippen LogP contribution in [0.5, 0.6) is 23.0 Å². The summed E-state index contributed by atoms with van der Waals surface area (Å²) in [6, 6.07) is 18.2. The van der Waals surface area contributed by atoms with Crippen molar-refractivity contribution in [3.8, 4) is 23.0 Å². The molecule has 0 heterocycles. The first-order valence-electron chi connectivity index (χ1n) is 8.84. The molecule has 0 aliphatic carbocycles. The van der Waals surface area contributed by atoms with Crippen LogP contribution in [0, 0.1) is 6.92 Å². The number of hydrogen-bond acceptors (Lipinski definition) is 6. The Bertz CT molecular complexity index is 961. The lowest BCUT2D eigenvalue weighted by molar-refractivity contribution is 0.0730. The Hall–Kier alpha value is -3.80. The van der Waals surface area contributed by atoms with Crippen LogP contribution in [0.1, 0.15) is 26.3 Å². The topological polar surface area (TPSA) is 71.1 Å². The van der Waals surface area contributed by atoms with E-state index < -0.39 is 11.9 Å². The molecule has 29 heavy (non-hydrogen) atoms. The number of rotatable bonds is 6. The van der Waals surface area contributed by atoms with Crippen molar-refractivity contribution in [3.63, 3.8) is 0 Å². The van der Waals surface area contributed by atoms with E-state index in [0.29, 0.717) is 39.7 Å². The minimum absolute atomic E-state index is 0.300. The first-order chi connectivity index (χ1) is 14.0. The fourth-order valence-corrected chi connectivity index (χ4v) is 2.63. The largest absolute Gasteiger partial charge is 0.497 e. The van der Waals surface area contributed by atoms with Crippen LogP contribution in [0.2, 0.25) is 0 Å². The van der Waals surface area contributed by atoms with Crippen molar-refractivity contribution in [1.82, 2.24) is 0 Å². The number of methoxy groups -OCH3 is 2. The Kier molecular flexibility index (Phi) is 6.14. The highest BCUT2D eigenvalue weighted by Crippen LogP contribution is 2.29. The van der Waals surface area contributed by atoms with Gasteiger partial charge < -0.3 is 18.9 Å². The molecule has 148 valence electrons. The second-order valence-corrected chi connectivity index (χ2v) is 6.12. The summed E-state index contributed by atoms with van der Waals surface area (Å²) in [4.78, 5) is 24.9. The van der Waals surface area contributed by atoms with Gasteiger partial charge in [-0.25, -0.2) is 9.59 Å². The van der Waals surface area contributed by atoms with Crippen molar-refractivity contribution >= 4 is 11.9 Å². The van der Waals surface area contributed by atoms with Crippen LogP contribution < -0.4 is 18.9 Å². The van der Waals surface area contributed by atoms with Gasteiger partial charge in [-0.05, 0) is 55.5 Å². The van der Waals surface area contributed by atoms with Crippen LogP contribution in [0.15, 0.2) is 66.7 Å². The van der Waals surface area contributed by atoms with Crippen molar-refractivity contribution in [2.45, 2.75) is 6.92 Å². The molecule has 0 spiro atoms. The maximum absolute atomic E-state index is 12.5. The summed E-state index contributed by atoms with van der Waals surface area (Å²) >= 11 is 0. The molecular formula is C23H20O6. The molecular weight excluding hydrogens is 372 g/mol. The molecule has 0 radical (unpaired) electrons. The first kappa shape index (κ1) is 19.9. The molecule has 0 saturated heterocycles. The Labute approximate surface area is 168 Å². The summed E-state index contributed by atoms with van der Waals surface area (Å²) < 4.78 is 21.2. The van der Waals surface area contributed by atoms with Crippen LogP contribution in [-0.2, 0) is 0 Å². The van der Waals surface area contributed by atoms with E-state index in [0.717, 1.165) is 0 Å². The zero-order valence-corrected chi connectivity index (χ0v) is 16.3. The summed E-state index contributed by atoms with van der Waals surface area (Å²) in [5.41, 5.74) is 1.23. The van der Waals surface area contributed by atoms with E-state index >= 15 is 0 Å². The van der Waals surface area contributed by atoms with Crippen molar-refractivity contribution < 1.29 is 28.5 Å². The van der Waals surface area contributed by atoms with Gasteiger partial charge in [-0.2, -0.15) is 0 Å². The van der Waals surface area contributed by atoms with Crippen molar-refractivity contribution in [3.05, 3.63) is 83.4 Å². The molecule has 3 aromatic rings. The molecule has 3 rings (SSSR count). The van der Waals surface area contributed by atoms with Gasteiger partial charge in [0.15, 0.2) is 0 Å². The van der Waals surface area contributed by atoms with Crippen LogP contribution in [0.4, 0.5) is 0 Å². The normalized spacial score (nSPS) is 10.2. The standard InChI is InChI=1S/C23H20O6/c1-15-20(28-22(24)16-7-4-9-18(13-16)26-2)11-6-12-21(15)29-23(25)17-8-5-10-19(14-17)27-3/h4-14H,1-3H3. The number of carbonyl (C=O) groups is 2. The summed E-state index contributed by atoms with van der Waals surface area (Å²) in [5.74, 6) is 0.628. The molecule has 0 atom stereocenters. The minimum atomic E-state index is -0.539. The second-order valence-electron chi connectivity index (χ2n) is 6.12. The summed E-state index contributed by atoms with van der Waals surface area (Å²) in [6.45, 7) is 1.71. The fraction of sp³-hybridized carbons (Fsp3) is 0.130. The van der Waals surface area contributed by atoms with Gasteiger partial charge >= 0.3 is 11.9 Å². The Morgan fingerprint density at radius 2 is 1.07 bits per heavy atom. The van der Waals surface area contributed by atoms with Gasteiger partial charge in [-0.15, -0.1) is 0 Å². The molecule has 0 unspecified atom stereocenters. The van der Waals surface area contributed by atoms with Gasteiger partial charge in [0.2, 0.25) is 0 Å². The quantitative estimate of drug-likeness (QED) is 0.456. The summed E-state index contributed by atoms with van der Waals surface area (Å²) in [5, 5.41) is 0. The zero-order chi connectivity index (χ0) is 20.8. The predicted octanol–water partition coefficient (Wildman–Crippen LogP) is 4.45. The maximum atomic E-state index is 12.5. The van der Waals surface area contributed by atoms with Gasteiger partial charge in [-0.1, -0.05) is 18.2 Å². The van der Waals surface area contributed by atoms with Gasteiger partial charge in [-0.3, -0.25) is 0 Å². The molecule has 0 aromatic heterocycles. The van der Waals surface area contributed by atoms with Crippen LogP contribution in [0.3, 0.4) is 0 Å². The van der Waals surface area contributed by atoms with Crippen LogP contribution in [0.25, 0.3) is 0 Å². The molecule has 0 saturated carbocycles. The molecule has 6 nitrogen and oxygen atoms in total. The molecule has 0 N–H and O–H groups in total. The van der Waals surface area contributed by atoms with E-state index in [1.165, 1.54) is 14.2 Å². The first-order valence-corrected chi connectivity index (χ1v) is 8.84. The van der Waals surface area contributed by atoms with Crippen molar-refractivity contribution in [1.29, 1.82) is 0 Å². The van der Waals surface area contributed by atoms with E-state index in [2.05, 4.69) is 0 Å². The number of esters is 2. The third-order valence-corrected chi connectivity index (χ3v) is 4.25. The summed E-state index contributed by atoms with van der Waals surface area (Å²) in [7, 11) is 3.05. The highest BCUT2D eigenvalue weighted by Gasteiger charge is 2.16. The predicted molar refractivity (Wildman–Crippen MR) is 107 cm³/mol. The van der Waals surface area contributed by atoms with Crippen LogP contribution in [-0.4, -0.2) is 26.2 Å². The second kappa shape index (κ2) is 8.93. The van der Waals surface area contributed by atoms with Crippen molar-refractivity contribution in [2.75, 3.05) is 14.2 Å². The zero-order valence-electron chi connectivity index (χ0n) is 16.3. The Morgan fingerprint density at radius 3 is 1.48 bits per heavy atom. The van der Waals surface area contributed by atoms with E-state index in [1.54, 1.807) is 73.7 Å². The van der Waals surface area contributed by atoms with Gasteiger partial charge in [0.05, 0.1) is 25.3 Å². The molecule has 6 heteroatoms. The van der Waals surface area contributed by atoms with E-state index in [-0.39, 0.29) is 0 Å². The monoisotopic (exact) mass is 392 g/mol. The number of carbonyl (C=O) groups excluding carboxylic acids is 2. The lowest BCUT2D eigenvalue weighted by atomic mass is 10.2. The third-order valence-electron chi connectivity index (χ3n) is 4.25. The van der Waals surface area contributed by atoms with E-state index in [9.17, 15) is 9.59 Å². The van der Waals surface area contributed by atoms with Crippen LogP contribution >= 0.6 is 0 Å². The van der Waals surface area contributed by atoms with E-state index in [1.807, 2.05) is 0 Å². The lowest BCUT2D eigenvalue weighted by Crippen LogP contribution is -2.12. The number of benzene rings is 3. The minimum Gasteiger partial charge on any atom is -0.497 e. The molecule has 0 amide bonds. The average Bonchev–Trinajstić information content (AvgIpc) is 2.76. The molecule has 3 aromatic carbocycles. The Morgan fingerprint density at radius 1 is 0.655 bits per heavy atom. The molecule has 0 aliphatic heterocycles. The van der Waals surface area contributed by atoms with E-state index in [4.69, 9.17) is 18.9 Å².